The summed E-state index contributed by atoms with van der Waals surface area (Å²) >= 11 is 11.9. The molecule has 1 atom stereocenters. The van der Waals surface area contributed by atoms with Crippen molar-refractivity contribution in [1.82, 2.24) is 5.32 Å². The van der Waals surface area contributed by atoms with Gasteiger partial charge < -0.3 is 10.1 Å². The molecule has 0 spiro atoms. The van der Waals surface area contributed by atoms with Crippen LogP contribution in [-0.4, -0.2) is 18.2 Å². The van der Waals surface area contributed by atoms with Crippen molar-refractivity contribution >= 4 is 23.2 Å². The number of ether oxygens (including phenoxy) is 1. The first-order valence-corrected chi connectivity index (χ1v) is 7.31. The lowest BCUT2D eigenvalue weighted by Gasteiger charge is -2.28. The van der Waals surface area contributed by atoms with Gasteiger partial charge in [0.2, 0.25) is 0 Å². The summed E-state index contributed by atoms with van der Waals surface area (Å²) in [6, 6.07) is 5.37. The van der Waals surface area contributed by atoms with Crippen LogP contribution in [0.15, 0.2) is 18.2 Å². The van der Waals surface area contributed by atoms with Crippen LogP contribution in [0.4, 0.5) is 0 Å². The maximum Gasteiger partial charge on any atom is 0.121 e. The minimum atomic E-state index is 0.0775. The molecule has 0 amide bonds. The van der Waals surface area contributed by atoms with E-state index in [0.29, 0.717) is 16.0 Å². The van der Waals surface area contributed by atoms with Crippen LogP contribution in [0.1, 0.15) is 34.6 Å². The van der Waals surface area contributed by atoms with E-state index in [1.54, 1.807) is 12.1 Å². The van der Waals surface area contributed by atoms with E-state index in [1.165, 1.54) is 0 Å². The molecule has 0 saturated carbocycles. The Kier molecular flexibility index (Phi) is 5.97. The largest absolute Gasteiger partial charge is 0.489 e. The number of nitrogens with one attached hydrogen (secondary N) is 1. The number of benzene rings is 1. The molecule has 0 heterocycles. The van der Waals surface area contributed by atoms with E-state index in [1.807, 2.05) is 6.07 Å². The highest BCUT2D eigenvalue weighted by molar-refractivity contribution is 6.42. The molecule has 2 nitrogen and oxygen atoms in total. The summed E-state index contributed by atoms with van der Waals surface area (Å²) in [5.41, 5.74) is 0.0775. The van der Waals surface area contributed by atoms with Crippen molar-refractivity contribution in [2.24, 2.45) is 5.92 Å². The summed E-state index contributed by atoms with van der Waals surface area (Å²) in [7, 11) is 0. The monoisotopic (exact) mass is 303 g/mol. The average Bonchev–Trinajstić information content (AvgIpc) is 2.27. The van der Waals surface area contributed by atoms with E-state index in [2.05, 4.69) is 39.9 Å². The Labute approximate surface area is 126 Å². The van der Waals surface area contributed by atoms with E-state index in [9.17, 15) is 0 Å². The zero-order valence-corrected chi connectivity index (χ0v) is 13.8. The minimum Gasteiger partial charge on any atom is -0.489 e. The summed E-state index contributed by atoms with van der Waals surface area (Å²) < 4.78 is 6.00. The molecule has 108 valence electrons. The Morgan fingerprint density at radius 2 is 1.79 bits per heavy atom. The third kappa shape index (κ3) is 6.03. The molecule has 1 aromatic rings. The predicted molar refractivity (Wildman–Crippen MR) is 83.5 cm³/mol. The summed E-state index contributed by atoms with van der Waals surface area (Å²) in [5.74, 6) is 1.16. The maximum atomic E-state index is 6.00. The van der Waals surface area contributed by atoms with Crippen molar-refractivity contribution < 1.29 is 4.74 Å². The van der Waals surface area contributed by atoms with Crippen molar-refractivity contribution in [3.8, 4) is 5.75 Å². The molecule has 1 rings (SSSR count). The third-order valence-corrected chi connectivity index (χ3v) is 3.49. The SMILES string of the molecule is CC(C)C(CNC(C)(C)C)Oc1ccc(Cl)c(Cl)c1. The Morgan fingerprint density at radius 3 is 2.26 bits per heavy atom. The van der Waals surface area contributed by atoms with Crippen LogP contribution in [0.5, 0.6) is 5.75 Å². The standard InChI is InChI=1S/C15H23Cl2NO/c1-10(2)14(9-18-15(3,4)5)19-11-6-7-12(16)13(17)8-11/h6-8,10,14,18H,9H2,1-5H3. The van der Waals surface area contributed by atoms with Gasteiger partial charge in [-0.15, -0.1) is 0 Å². The van der Waals surface area contributed by atoms with Crippen molar-refractivity contribution in [3.63, 3.8) is 0 Å². The highest BCUT2D eigenvalue weighted by Crippen LogP contribution is 2.27. The highest BCUT2D eigenvalue weighted by atomic mass is 35.5. The molecule has 0 aliphatic heterocycles. The molecule has 0 aliphatic carbocycles. The fraction of sp³-hybridized carbons (Fsp3) is 0.600. The zero-order chi connectivity index (χ0) is 14.6. The molecule has 4 heteroatoms. The van der Waals surface area contributed by atoms with Crippen molar-refractivity contribution in [3.05, 3.63) is 28.2 Å². The lowest BCUT2D eigenvalue weighted by atomic mass is 10.0. The van der Waals surface area contributed by atoms with Crippen molar-refractivity contribution in [2.45, 2.75) is 46.3 Å². The molecule has 1 aromatic carbocycles. The zero-order valence-electron chi connectivity index (χ0n) is 12.3. The van der Waals surface area contributed by atoms with Crippen LogP contribution in [-0.2, 0) is 0 Å². The molecule has 0 fully saturated rings. The fourth-order valence-corrected chi connectivity index (χ4v) is 1.83. The minimum absolute atomic E-state index is 0.0775. The Morgan fingerprint density at radius 1 is 1.16 bits per heavy atom. The lowest BCUT2D eigenvalue weighted by Crippen LogP contribution is -2.44. The van der Waals surface area contributed by atoms with Gasteiger partial charge in [0.1, 0.15) is 11.9 Å². The number of rotatable bonds is 5. The first-order valence-electron chi connectivity index (χ1n) is 6.56. The van der Waals surface area contributed by atoms with Gasteiger partial charge in [0, 0.05) is 18.2 Å². The van der Waals surface area contributed by atoms with Gasteiger partial charge in [0.15, 0.2) is 0 Å². The second-order valence-electron chi connectivity index (χ2n) is 6.11. The molecule has 1 N–H and O–H groups in total. The van der Waals surface area contributed by atoms with Crippen molar-refractivity contribution in [2.75, 3.05) is 6.54 Å². The number of hydrogen-bond acceptors (Lipinski definition) is 2. The Hall–Kier alpha value is -0.440. The number of halogens is 2. The molecular formula is C15H23Cl2NO. The van der Waals surface area contributed by atoms with E-state index >= 15 is 0 Å². The number of hydrogen-bond donors (Lipinski definition) is 1. The molecule has 19 heavy (non-hydrogen) atoms. The van der Waals surface area contributed by atoms with Crippen LogP contribution in [0.25, 0.3) is 0 Å². The van der Waals surface area contributed by atoms with Crippen LogP contribution in [0.2, 0.25) is 10.0 Å². The van der Waals surface area contributed by atoms with Gasteiger partial charge in [-0.3, -0.25) is 0 Å². The summed E-state index contributed by atoms with van der Waals surface area (Å²) in [6.45, 7) is 11.5. The summed E-state index contributed by atoms with van der Waals surface area (Å²) in [4.78, 5) is 0. The predicted octanol–water partition coefficient (Wildman–Crippen LogP) is 4.78. The van der Waals surface area contributed by atoms with Crippen LogP contribution in [0.3, 0.4) is 0 Å². The van der Waals surface area contributed by atoms with Crippen LogP contribution in [0, 0.1) is 5.92 Å². The second-order valence-corrected chi connectivity index (χ2v) is 6.92. The summed E-state index contributed by atoms with van der Waals surface area (Å²) in [5, 5.41) is 4.53. The van der Waals surface area contributed by atoms with Gasteiger partial charge in [0.25, 0.3) is 0 Å². The van der Waals surface area contributed by atoms with Crippen LogP contribution >= 0.6 is 23.2 Å². The third-order valence-electron chi connectivity index (χ3n) is 2.76. The van der Waals surface area contributed by atoms with Gasteiger partial charge in [-0.1, -0.05) is 37.0 Å². The van der Waals surface area contributed by atoms with E-state index < -0.39 is 0 Å². The molecule has 0 radical (unpaired) electrons. The van der Waals surface area contributed by atoms with Gasteiger partial charge in [-0.25, -0.2) is 0 Å². The second kappa shape index (κ2) is 6.83. The maximum absolute atomic E-state index is 6.00. The van der Waals surface area contributed by atoms with Gasteiger partial charge >= 0.3 is 0 Å². The van der Waals surface area contributed by atoms with Gasteiger partial charge in [-0.05, 0) is 38.8 Å². The van der Waals surface area contributed by atoms with E-state index in [-0.39, 0.29) is 11.6 Å². The molecule has 0 bridgehead atoms. The van der Waals surface area contributed by atoms with Gasteiger partial charge in [0.05, 0.1) is 10.0 Å². The normalized spacial score (nSPS) is 13.7. The Balaban J connectivity index is 2.70. The molecule has 1 unspecified atom stereocenters. The molecule has 0 saturated heterocycles. The van der Waals surface area contributed by atoms with Crippen LogP contribution < -0.4 is 10.1 Å². The first kappa shape index (κ1) is 16.6. The molecule has 0 aliphatic rings. The summed E-state index contributed by atoms with van der Waals surface area (Å²) in [6.07, 6.45) is 0.0940. The quantitative estimate of drug-likeness (QED) is 0.845. The van der Waals surface area contributed by atoms with E-state index in [4.69, 9.17) is 27.9 Å². The molecule has 0 aromatic heterocycles. The Bertz CT molecular complexity index is 413. The van der Waals surface area contributed by atoms with Crippen molar-refractivity contribution in [1.29, 1.82) is 0 Å². The smallest absolute Gasteiger partial charge is 0.121 e. The average molecular weight is 304 g/mol. The van der Waals surface area contributed by atoms with E-state index in [0.717, 1.165) is 12.3 Å². The lowest BCUT2D eigenvalue weighted by molar-refractivity contribution is 0.140. The first-order chi connectivity index (χ1) is 8.69. The highest BCUT2D eigenvalue weighted by Gasteiger charge is 2.19. The fourth-order valence-electron chi connectivity index (χ4n) is 1.55. The van der Waals surface area contributed by atoms with Gasteiger partial charge in [-0.2, -0.15) is 0 Å². The topological polar surface area (TPSA) is 21.3 Å². The molecular weight excluding hydrogens is 281 g/mol.